The molecule has 2 aromatic rings. The molecule has 0 aliphatic heterocycles. The van der Waals surface area contributed by atoms with E-state index in [0.29, 0.717) is 5.75 Å². The molecule has 1 fully saturated rings. The zero-order valence-corrected chi connectivity index (χ0v) is 12.4. The monoisotopic (exact) mass is 284 g/mol. The summed E-state index contributed by atoms with van der Waals surface area (Å²) in [5.74, 6) is 1.10. The Bertz CT molecular complexity index is 539. The number of hydrogen-bond donors (Lipinski definition) is 1. The lowest BCUT2D eigenvalue weighted by molar-refractivity contribution is 0.443. The normalized spacial score (nSPS) is 16.2. The third kappa shape index (κ3) is 3.37. The predicted octanol–water partition coefficient (Wildman–Crippen LogP) is 5.59. The van der Waals surface area contributed by atoms with Crippen molar-refractivity contribution in [3.63, 3.8) is 0 Å². The van der Waals surface area contributed by atoms with Gasteiger partial charge in [0.1, 0.15) is 5.75 Å². The number of hydrogen-bond acceptors (Lipinski definition) is 2. The van der Waals surface area contributed by atoms with Gasteiger partial charge in [-0.05, 0) is 60.7 Å². The quantitative estimate of drug-likeness (QED) is 0.792. The fourth-order valence-electron chi connectivity index (χ4n) is 2.89. The minimum Gasteiger partial charge on any atom is -0.508 e. The lowest BCUT2D eigenvalue weighted by atomic mass is 9.84. The molecule has 0 amide bonds. The van der Waals surface area contributed by atoms with Crippen molar-refractivity contribution in [2.75, 3.05) is 0 Å². The maximum absolute atomic E-state index is 9.29. The SMILES string of the molecule is Oc1ccc(Sc2ccc(C3CCCCC3)cc2)cc1. The first-order valence-electron chi connectivity index (χ1n) is 7.38. The summed E-state index contributed by atoms with van der Waals surface area (Å²) in [6, 6.07) is 16.4. The Morgan fingerprint density at radius 1 is 0.750 bits per heavy atom. The summed E-state index contributed by atoms with van der Waals surface area (Å²) >= 11 is 1.74. The Morgan fingerprint density at radius 3 is 1.90 bits per heavy atom. The highest BCUT2D eigenvalue weighted by Crippen LogP contribution is 2.34. The van der Waals surface area contributed by atoms with E-state index >= 15 is 0 Å². The maximum Gasteiger partial charge on any atom is 0.115 e. The van der Waals surface area contributed by atoms with Crippen LogP contribution in [0.15, 0.2) is 58.3 Å². The first kappa shape index (κ1) is 13.6. The highest BCUT2D eigenvalue weighted by molar-refractivity contribution is 7.99. The summed E-state index contributed by atoms with van der Waals surface area (Å²) in [6.07, 6.45) is 6.88. The molecule has 3 rings (SSSR count). The second kappa shape index (κ2) is 6.36. The fourth-order valence-corrected chi connectivity index (χ4v) is 3.71. The van der Waals surface area contributed by atoms with Crippen molar-refractivity contribution in [2.45, 2.75) is 47.8 Å². The minimum atomic E-state index is 0.321. The Balaban J connectivity index is 1.67. The molecular formula is C18H20OS. The van der Waals surface area contributed by atoms with Crippen LogP contribution in [0.4, 0.5) is 0 Å². The van der Waals surface area contributed by atoms with Gasteiger partial charge < -0.3 is 5.11 Å². The minimum absolute atomic E-state index is 0.321. The molecule has 0 heterocycles. The van der Waals surface area contributed by atoms with Crippen LogP contribution in [0.3, 0.4) is 0 Å². The molecule has 20 heavy (non-hydrogen) atoms. The molecule has 1 aliphatic carbocycles. The fraction of sp³-hybridized carbons (Fsp3) is 0.333. The first-order valence-corrected chi connectivity index (χ1v) is 8.20. The summed E-state index contributed by atoms with van der Waals surface area (Å²) in [5, 5.41) is 9.29. The van der Waals surface area contributed by atoms with Crippen LogP contribution in [0, 0.1) is 0 Å². The van der Waals surface area contributed by atoms with Crippen LogP contribution < -0.4 is 0 Å². The van der Waals surface area contributed by atoms with E-state index in [0.717, 1.165) is 10.8 Å². The van der Waals surface area contributed by atoms with Crippen molar-refractivity contribution >= 4 is 11.8 Å². The largest absolute Gasteiger partial charge is 0.508 e. The average molecular weight is 284 g/mol. The third-order valence-corrected chi connectivity index (χ3v) is 5.04. The molecule has 0 aromatic heterocycles. The molecule has 0 atom stereocenters. The highest BCUT2D eigenvalue weighted by atomic mass is 32.2. The smallest absolute Gasteiger partial charge is 0.115 e. The van der Waals surface area contributed by atoms with E-state index in [1.165, 1.54) is 42.6 Å². The number of phenolic OH excluding ortho intramolecular Hbond substituents is 1. The molecule has 2 heteroatoms. The Labute approximate surface area is 125 Å². The Morgan fingerprint density at radius 2 is 1.30 bits per heavy atom. The van der Waals surface area contributed by atoms with Gasteiger partial charge in [0.15, 0.2) is 0 Å². The van der Waals surface area contributed by atoms with Gasteiger partial charge in [0, 0.05) is 9.79 Å². The molecule has 1 nitrogen and oxygen atoms in total. The summed E-state index contributed by atoms with van der Waals surface area (Å²) in [6.45, 7) is 0. The van der Waals surface area contributed by atoms with Gasteiger partial charge in [0.2, 0.25) is 0 Å². The molecule has 2 aromatic carbocycles. The van der Waals surface area contributed by atoms with Crippen LogP contribution >= 0.6 is 11.8 Å². The zero-order valence-electron chi connectivity index (χ0n) is 11.6. The second-order valence-corrected chi connectivity index (χ2v) is 6.65. The number of aromatic hydroxyl groups is 1. The molecule has 0 unspecified atom stereocenters. The third-order valence-electron chi connectivity index (χ3n) is 4.03. The number of phenols is 1. The van der Waals surface area contributed by atoms with Crippen molar-refractivity contribution in [1.29, 1.82) is 0 Å². The highest BCUT2D eigenvalue weighted by Gasteiger charge is 2.15. The van der Waals surface area contributed by atoms with Crippen LogP contribution in [-0.2, 0) is 0 Å². The topological polar surface area (TPSA) is 20.2 Å². The van der Waals surface area contributed by atoms with Crippen molar-refractivity contribution in [2.24, 2.45) is 0 Å². The van der Waals surface area contributed by atoms with Crippen LogP contribution in [0.2, 0.25) is 0 Å². The zero-order chi connectivity index (χ0) is 13.8. The average Bonchev–Trinajstić information content (AvgIpc) is 2.51. The number of benzene rings is 2. The van der Waals surface area contributed by atoms with Gasteiger partial charge in [-0.15, -0.1) is 0 Å². The number of rotatable bonds is 3. The van der Waals surface area contributed by atoms with Gasteiger partial charge in [-0.25, -0.2) is 0 Å². The van der Waals surface area contributed by atoms with Gasteiger partial charge >= 0.3 is 0 Å². The van der Waals surface area contributed by atoms with Crippen LogP contribution in [-0.4, -0.2) is 5.11 Å². The Hall–Kier alpha value is -1.41. The van der Waals surface area contributed by atoms with Crippen molar-refractivity contribution in [1.82, 2.24) is 0 Å². The van der Waals surface area contributed by atoms with Crippen molar-refractivity contribution in [3.8, 4) is 5.75 Å². The molecule has 0 spiro atoms. The summed E-state index contributed by atoms with van der Waals surface area (Å²) < 4.78 is 0. The van der Waals surface area contributed by atoms with E-state index in [4.69, 9.17) is 0 Å². The molecule has 1 N–H and O–H groups in total. The van der Waals surface area contributed by atoms with Crippen molar-refractivity contribution < 1.29 is 5.11 Å². The molecule has 104 valence electrons. The van der Waals surface area contributed by atoms with Crippen LogP contribution in [0.5, 0.6) is 5.75 Å². The van der Waals surface area contributed by atoms with E-state index in [-0.39, 0.29) is 0 Å². The lowest BCUT2D eigenvalue weighted by Gasteiger charge is -2.22. The standard InChI is InChI=1S/C18H20OS/c19-16-8-12-18(13-9-16)20-17-10-6-15(7-11-17)14-4-2-1-3-5-14/h6-14,19H,1-5H2. The summed E-state index contributed by atoms with van der Waals surface area (Å²) in [5.41, 5.74) is 1.50. The molecule has 0 radical (unpaired) electrons. The van der Waals surface area contributed by atoms with E-state index < -0.39 is 0 Å². The van der Waals surface area contributed by atoms with Crippen molar-refractivity contribution in [3.05, 3.63) is 54.1 Å². The van der Waals surface area contributed by atoms with Gasteiger partial charge in [0.25, 0.3) is 0 Å². The summed E-state index contributed by atoms with van der Waals surface area (Å²) in [7, 11) is 0. The van der Waals surface area contributed by atoms with Crippen LogP contribution in [0.1, 0.15) is 43.6 Å². The molecule has 0 bridgehead atoms. The maximum atomic E-state index is 9.29. The van der Waals surface area contributed by atoms with Gasteiger partial charge in [-0.1, -0.05) is 43.2 Å². The molecule has 1 saturated carbocycles. The van der Waals surface area contributed by atoms with Crippen LogP contribution in [0.25, 0.3) is 0 Å². The van der Waals surface area contributed by atoms with Gasteiger partial charge in [0.05, 0.1) is 0 Å². The second-order valence-electron chi connectivity index (χ2n) is 5.50. The van der Waals surface area contributed by atoms with E-state index in [9.17, 15) is 5.11 Å². The predicted molar refractivity (Wildman–Crippen MR) is 84.5 cm³/mol. The van der Waals surface area contributed by atoms with Gasteiger partial charge in [-0.2, -0.15) is 0 Å². The van der Waals surface area contributed by atoms with E-state index in [1.807, 2.05) is 12.1 Å². The van der Waals surface area contributed by atoms with E-state index in [1.54, 1.807) is 23.9 Å². The lowest BCUT2D eigenvalue weighted by Crippen LogP contribution is -2.03. The first-order chi connectivity index (χ1) is 9.81. The van der Waals surface area contributed by atoms with Gasteiger partial charge in [-0.3, -0.25) is 0 Å². The molecular weight excluding hydrogens is 264 g/mol. The summed E-state index contributed by atoms with van der Waals surface area (Å²) in [4.78, 5) is 2.42. The molecule has 0 saturated heterocycles. The van der Waals surface area contributed by atoms with E-state index in [2.05, 4.69) is 24.3 Å². The molecule has 1 aliphatic rings. The Kier molecular flexibility index (Phi) is 4.31.